The lowest BCUT2D eigenvalue weighted by molar-refractivity contribution is 0.0242. The molecule has 0 aromatic heterocycles. The molecule has 1 saturated heterocycles. The first-order valence-electron chi connectivity index (χ1n) is 16.6. The summed E-state index contributed by atoms with van der Waals surface area (Å²) in [6, 6.07) is 17.0. The van der Waals surface area contributed by atoms with Gasteiger partial charge in [-0.15, -0.1) is 0 Å². The van der Waals surface area contributed by atoms with Crippen molar-refractivity contribution in [1.29, 1.82) is 0 Å². The SMILES string of the molecule is COc1ccccc1P(C[C@@H]1C[C@H](P(C2CCCCC2)C2CCCCC2)CN1C(=O)OC(C)(C)C)c1ccccc1OC. The molecule has 3 fully saturated rings. The standard InChI is InChI=1S/C36H53NO4P2/c1-36(2,3)41-35(38)37-25-30(43(28-16-8-6-9-17-28)29-18-10-7-11-19-29)24-27(37)26-42(33-22-14-12-20-31(33)39-4)34-23-15-13-21-32(34)40-5/h12-15,20-23,27-30H,6-11,16-19,24-26H2,1-5H3/t27-,30-/m0/s1. The van der Waals surface area contributed by atoms with E-state index in [0.717, 1.165) is 41.9 Å². The fourth-order valence-corrected chi connectivity index (χ4v) is 15.1. The number of para-hydroxylation sites is 2. The third-order valence-electron chi connectivity index (χ3n) is 9.58. The third kappa shape index (κ3) is 8.07. The molecule has 0 N–H and O–H groups in total. The Morgan fingerprint density at radius 1 is 0.767 bits per heavy atom. The lowest BCUT2D eigenvalue weighted by atomic mass is 9.99. The van der Waals surface area contributed by atoms with Crippen LogP contribution in [0.3, 0.4) is 0 Å². The van der Waals surface area contributed by atoms with E-state index >= 15 is 0 Å². The van der Waals surface area contributed by atoms with Gasteiger partial charge in [0.1, 0.15) is 17.1 Å². The van der Waals surface area contributed by atoms with Crippen LogP contribution in [0.1, 0.15) is 91.4 Å². The van der Waals surface area contributed by atoms with Gasteiger partial charge in [-0.05, 0) is 96.1 Å². The first-order valence-corrected chi connectivity index (χ1v) is 19.7. The van der Waals surface area contributed by atoms with Crippen LogP contribution in [-0.2, 0) is 4.74 Å². The van der Waals surface area contributed by atoms with Gasteiger partial charge in [0, 0.05) is 23.2 Å². The molecule has 1 aliphatic heterocycles. The number of hydrogen-bond acceptors (Lipinski definition) is 4. The highest BCUT2D eigenvalue weighted by molar-refractivity contribution is 7.73. The predicted octanol–water partition coefficient (Wildman–Crippen LogP) is 8.66. The summed E-state index contributed by atoms with van der Waals surface area (Å²) in [7, 11) is 2.51. The van der Waals surface area contributed by atoms with Crippen molar-refractivity contribution in [1.82, 2.24) is 4.90 Å². The third-order valence-corrected chi connectivity index (χ3v) is 16.2. The average Bonchev–Trinajstić information content (AvgIpc) is 3.43. The molecule has 0 bridgehead atoms. The van der Waals surface area contributed by atoms with Crippen LogP contribution < -0.4 is 20.1 Å². The fraction of sp³-hybridized carbons (Fsp3) is 0.639. The van der Waals surface area contributed by atoms with Crippen LogP contribution in [-0.4, -0.2) is 66.5 Å². The van der Waals surface area contributed by atoms with Gasteiger partial charge in [-0.2, -0.15) is 0 Å². The molecule has 5 nitrogen and oxygen atoms in total. The van der Waals surface area contributed by atoms with Crippen LogP contribution in [0, 0.1) is 0 Å². The maximum atomic E-state index is 14.0. The number of carbonyl (C=O) groups excluding carboxylic acids is 1. The van der Waals surface area contributed by atoms with Crippen LogP contribution >= 0.6 is 15.8 Å². The molecular weight excluding hydrogens is 572 g/mol. The summed E-state index contributed by atoms with van der Waals surface area (Å²) in [4.78, 5) is 16.1. The number of nitrogens with zero attached hydrogens (tertiary/aromatic N) is 1. The number of likely N-dealkylation sites (tertiary alicyclic amines) is 1. The van der Waals surface area contributed by atoms with Crippen LogP contribution in [0.4, 0.5) is 4.79 Å². The number of rotatable bonds is 9. The summed E-state index contributed by atoms with van der Waals surface area (Å²) in [5, 5.41) is 2.41. The molecule has 1 amide bonds. The summed E-state index contributed by atoms with van der Waals surface area (Å²) in [5.41, 5.74) is 1.79. The maximum absolute atomic E-state index is 14.0. The van der Waals surface area contributed by atoms with Gasteiger partial charge in [0.05, 0.1) is 14.2 Å². The van der Waals surface area contributed by atoms with E-state index in [2.05, 4.69) is 41.3 Å². The van der Waals surface area contributed by atoms with E-state index in [4.69, 9.17) is 14.2 Å². The molecule has 2 saturated carbocycles. The fourth-order valence-electron chi connectivity index (χ4n) is 7.72. The van der Waals surface area contributed by atoms with Gasteiger partial charge in [0.15, 0.2) is 0 Å². The average molecular weight is 626 g/mol. The summed E-state index contributed by atoms with van der Waals surface area (Å²) in [6.07, 6.45) is 15.7. The highest BCUT2D eigenvalue weighted by Gasteiger charge is 2.46. The predicted molar refractivity (Wildman–Crippen MR) is 183 cm³/mol. The van der Waals surface area contributed by atoms with Crippen molar-refractivity contribution < 1.29 is 19.0 Å². The molecule has 2 aliphatic carbocycles. The minimum absolute atomic E-state index is 0.123. The lowest BCUT2D eigenvalue weighted by Gasteiger charge is -2.42. The zero-order valence-electron chi connectivity index (χ0n) is 27.1. The molecule has 43 heavy (non-hydrogen) atoms. The van der Waals surface area contributed by atoms with E-state index in [1.807, 2.05) is 32.9 Å². The second-order valence-electron chi connectivity index (χ2n) is 13.7. The van der Waals surface area contributed by atoms with Crippen LogP contribution in [0.25, 0.3) is 0 Å². The van der Waals surface area contributed by atoms with Crippen molar-refractivity contribution in [3.63, 3.8) is 0 Å². The normalized spacial score (nSPS) is 22.3. The van der Waals surface area contributed by atoms with Crippen molar-refractivity contribution in [3.05, 3.63) is 48.5 Å². The number of benzene rings is 2. The molecule has 0 unspecified atom stereocenters. The van der Waals surface area contributed by atoms with Gasteiger partial charge in [-0.3, -0.25) is 0 Å². The van der Waals surface area contributed by atoms with Crippen molar-refractivity contribution in [2.24, 2.45) is 0 Å². The van der Waals surface area contributed by atoms with Crippen LogP contribution in [0.5, 0.6) is 11.5 Å². The van der Waals surface area contributed by atoms with E-state index in [-0.39, 0.29) is 20.1 Å². The largest absolute Gasteiger partial charge is 0.496 e. The lowest BCUT2D eigenvalue weighted by Crippen LogP contribution is -2.42. The molecule has 3 aliphatic rings. The molecule has 7 heteroatoms. The molecule has 0 spiro atoms. The van der Waals surface area contributed by atoms with Gasteiger partial charge in [-0.25, -0.2) is 4.79 Å². The highest BCUT2D eigenvalue weighted by atomic mass is 31.1. The Balaban J connectivity index is 1.52. The minimum atomic E-state index is -0.859. The topological polar surface area (TPSA) is 48.0 Å². The molecule has 2 aromatic carbocycles. The number of amides is 1. The van der Waals surface area contributed by atoms with Crippen molar-refractivity contribution >= 4 is 32.5 Å². The van der Waals surface area contributed by atoms with E-state index in [9.17, 15) is 4.79 Å². The molecule has 1 heterocycles. The Hall–Kier alpha value is -1.83. The molecule has 0 radical (unpaired) electrons. The zero-order valence-corrected chi connectivity index (χ0v) is 28.9. The molecule has 2 aromatic rings. The number of methoxy groups -OCH3 is 2. The van der Waals surface area contributed by atoms with E-state index in [1.165, 1.54) is 74.8 Å². The van der Waals surface area contributed by atoms with Gasteiger partial charge in [-0.1, -0.05) is 82.8 Å². The zero-order chi connectivity index (χ0) is 30.4. The van der Waals surface area contributed by atoms with Gasteiger partial charge >= 0.3 is 6.09 Å². The van der Waals surface area contributed by atoms with Crippen molar-refractivity contribution in [2.75, 3.05) is 26.9 Å². The summed E-state index contributed by atoms with van der Waals surface area (Å²) >= 11 is 0. The Morgan fingerprint density at radius 2 is 1.26 bits per heavy atom. The maximum Gasteiger partial charge on any atom is 0.410 e. The second-order valence-corrected chi connectivity index (χ2v) is 18.9. The molecular formula is C36H53NO4P2. The monoisotopic (exact) mass is 625 g/mol. The Labute approximate surface area is 262 Å². The number of carbonyl (C=O) groups is 1. The number of ether oxygens (including phenoxy) is 3. The Bertz CT molecular complexity index is 1120. The Kier molecular flexibility index (Phi) is 11.3. The van der Waals surface area contributed by atoms with E-state index in [0.29, 0.717) is 5.66 Å². The Morgan fingerprint density at radius 3 is 1.72 bits per heavy atom. The molecule has 2 atom stereocenters. The van der Waals surface area contributed by atoms with Gasteiger partial charge in [0.2, 0.25) is 0 Å². The van der Waals surface area contributed by atoms with E-state index < -0.39 is 13.5 Å². The summed E-state index contributed by atoms with van der Waals surface area (Å²) < 4.78 is 17.9. The number of hydrogen-bond donors (Lipinski definition) is 0. The molecule has 5 rings (SSSR count). The quantitative estimate of drug-likeness (QED) is 0.262. The van der Waals surface area contributed by atoms with Crippen molar-refractivity contribution in [3.8, 4) is 11.5 Å². The smallest absolute Gasteiger partial charge is 0.410 e. The minimum Gasteiger partial charge on any atom is -0.496 e. The second kappa shape index (κ2) is 15.0. The summed E-state index contributed by atoms with van der Waals surface area (Å²) in [5.74, 6) is 1.81. The van der Waals surface area contributed by atoms with Crippen molar-refractivity contribution in [2.45, 2.75) is 120 Å². The first-order chi connectivity index (χ1) is 20.8. The summed E-state index contributed by atoms with van der Waals surface area (Å²) in [6.45, 7) is 6.81. The highest BCUT2D eigenvalue weighted by Crippen LogP contribution is 2.62. The van der Waals surface area contributed by atoms with Gasteiger partial charge in [0.25, 0.3) is 0 Å². The van der Waals surface area contributed by atoms with Crippen LogP contribution in [0.15, 0.2) is 48.5 Å². The van der Waals surface area contributed by atoms with Crippen LogP contribution in [0.2, 0.25) is 0 Å². The molecule has 236 valence electrons. The first kappa shape index (κ1) is 32.6. The van der Waals surface area contributed by atoms with E-state index in [1.54, 1.807) is 14.2 Å². The van der Waals surface area contributed by atoms with Gasteiger partial charge < -0.3 is 19.1 Å².